The molecule has 0 spiro atoms. The van der Waals surface area contributed by atoms with E-state index in [1.54, 1.807) is 24.1 Å². The maximum Gasteiger partial charge on any atom is 0.227 e. The van der Waals surface area contributed by atoms with Gasteiger partial charge in [0.2, 0.25) is 15.0 Å². The van der Waals surface area contributed by atoms with E-state index in [4.69, 9.17) is 9.26 Å². The first-order chi connectivity index (χ1) is 13.5. The van der Waals surface area contributed by atoms with Crippen LogP contribution in [0.5, 0.6) is 0 Å². The minimum atomic E-state index is -3.44. The SMILES string of the molecule is COCCn1c(CN(C)Cc2ccno2)cnc1S(=O)(=O)CC1CCCCC1. The highest BCUT2D eigenvalue weighted by Gasteiger charge is 2.28. The number of ether oxygens (including phenoxy) is 1. The van der Waals surface area contributed by atoms with Crippen LogP contribution >= 0.6 is 0 Å². The first kappa shape index (κ1) is 21.0. The third-order valence-corrected chi connectivity index (χ3v) is 7.02. The van der Waals surface area contributed by atoms with Crippen LogP contribution in [0.2, 0.25) is 0 Å². The summed E-state index contributed by atoms with van der Waals surface area (Å²) in [6.07, 6.45) is 8.71. The second kappa shape index (κ2) is 9.67. The van der Waals surface area contributed by atoms with E-state index in [9.17, 15) is 8.42 Å². The van der Waals surface area contributed by atoms with Gasteiger partial charge in [-0.15, -0.1) is 0 Å². The van der Waals surface area contributed by atoms with Gasteiger partial charge in [0.05, 0.1) is 37.0 Å². The van der Waals surface area contributed by atoms with E-state index in [1.165, 1.54) is 6.42 Å². The number of rotatable bonds is 10. The average Bonchev–Trinajstić information content (AvgIpc) is 3.30. The first-order valence-corrected chi connectivity index (χ1v) is 11.5. The van der Waals surface area contributed by atoms with E-state index in [1.807, 2.05) is 18.0 Å². The fraction of sp³-hybridized carbons (Fsp3) is 0.684. The number of sulfone groups is 1. The Morgan fingerprint density at radius 3 is 2.75 bits per heavy atom. The van der Waals surface area contributed by atoms with Crippen molar-refractivity contribution in [3.8, 4) is 0 Å². The third-order valence-electron chi connectivity index (χ3n) is 5.23. The largest absolute Gasteiger partial charge is 0.383 e. The summed E-state index contributed by atoms with van der Waals surface area (Å²) < 4.78 is 38.3. The molecule has 2 aromatic heterocycles. The van der Waals surface area contributed by atoms with Gasteiger partial charge in [0, 0.05) is 26.3 Å². The second-order valence-electron chi connectivity index (χ2n) is 7.61. The summed E-state index contributed by atoms with van der Waals surface area (Å²) in [6.45, 7) is 2.03. The van der Waals surface area contributed by atoms with E-state index in [-0.39, 0.29) is 16.8 Å². The Hall–Kier alpha value is -1.71. The van der Waals surface area contributed by atoms with E-state index < -0.39 is 9.84 Å². The minimum Gasteiger partial charge on any atom is -0.383 e. The molecule has 0 radical (unpaired) electrons. The zero-order valence-corrected chi connectivity index (χ0v) is 17.5. The van der Waals surface area contributed by atoms with Gasteiger partial charge in [-0.1, -0.05) is 24.4 Å². The zero-order chi connectivity index (χ0) is 20.0. The van der Waals surface area contributed by atoms with Gasteiger partial charge in [-0.25, -0.2) is 13.4 Å². The lowest BCUT2D eigenvalue weighted by molar-refractivity contribution is 0.181. The molecule has 0 N–H and O–H groups in total. The molecule has 3 rings (SSSR count). The quantitative estimate of drug-likeness (QED) is 0.594. The molecule has 0 aromatic carbocycles. The Labute approximate surface area is 166 Å². The van der Waals surface area contributed by atoms with Crippen molar-refractivity contribution in [2.45, 2.75) is 56.9 Å². The molecule has 0 aliphatic heterocycles. The minimum absolute atomic E-state index is 0.165. The zero-order valence-electron chi connectivity index (χ0n) is 16.7. The van der Waals surface area contributed by atoms with E-state index in [2.05, 4.69) is 10.1 Å². The molecule has 1 aliphatic carbocycles. The molecule has 0 amide bonds. The Morgan fingerprint density at radius 1 is 1.29 bits per heavy atom. The highest BCUT2D eigenvalue weighted by molar-refractivity contribution is 7.91. The van der Waals surface area contributed by atoms with Crippen LogP contribution < -0.4 is 0 Å². The molecular weight excluding hydrogens is 380 g/mol. The number of hydrogen-bond donors (Lipinski definition) is 0. The van der Waals surface area contributed by atoms with Crippen LogP contribution in [0.4, 0.5) is 0 Å². The molecule has 2 heterocycles. The molecule has 2 aromatic rings. The summed E-state index contributed by atoms with van der Waals surface area (Å²) in [6, 6.07) is 1.82. The Kier molecular flexibility index (Phi) is 7.25. The van der Waals surface area contributed by atoms with Crippen LogP contribution in [0, 0.1) is 5.92 Å². The molecule has 1 saturated carbocycles. The summed E-state index contributed by atoms with van der Waals surface area (Å²) in [7, 11) is 0.128. The molecule has 0 atom stereocenters. The van der Waals surface area contributed by atoms with E-state index in [0.29, 0.717) is 26.2 Å². The number of hydrogen-bond acceptors (Lipinski definition) is 7. The summed E-state index contributed by atoms with van der Waals surface area (Å²) in [5.41, 5.74) is 0.848. The second-order valence-corrected chi connectivity index (χ2v) is 9.54. The van der Waals surface area contributed by atoms with Gasteiger partial charge in [0.15, 0.2) is 5.76 Å². The van der Waals surface area contributed by atoms with Crippen molar-refractivity contribution in [2.24, 2.45) is 5.92 Å². The van der Waals surface area contributed by atoms with Gasteiger partial charge in [0.1, 0.15) is 0 Å². The topological polar surface area (TPSA) is 90.5 Å². The molecular formula is C19H30N4O4S. The summed E-state index contributed by atoms with van der Waals surface area (Å²) >= 11 is 0. The monoisotopic (exact) mass is 410 g/mol. The van der Waals surface area contributed by atoms with Crippen LogP contribution in [0.3, 0.4) is 0 Å². The summed E-state index contributed by atoms with van der Waals surface area (Å²) in [5.74, 6) is 1.18. The lowest BCUT2D eigenvalue weighted by Crippen LogP contribution is -2.24. The highest BCUT2D eigenvalue weighted by Crippen LogP contribution is 2.27. The Morgan fingerprint density at radius 2 is 2.07 bits per heavy atom. The third kappa shape index (κ3) is 5.42. The van der Waals surface area contributed by atoms with Crippen LogP contribution in [0.1, 0.15) is 43.6 Å². The fourth-order valence-electron chi connectivity index (χ4n) is 3.85. The maximum atomic E-state index is 13.1. The van der Waals surface area contributed by atoms with Crippen molar-refractivity contribution in [1.82, 2.24) is 19.6 Å². The Bertz CT molecular complexity index is 826. The molecule has 0 saturated heterocycles. The predicted molar refractivity (Wildman–Crippen MR) is 104 cm³/mol. The van der Waals surface area contributed by atoms with Crippen LogP contribution in [0.25, 0.3) is 0 Å². The molecule has 9 heteroatoms. The predicted octanol–water partition coefficient (Wildman–Crippen LogP) is 2.50. The molecule has 1 fully saturated rings. The van der Waals surface area contributed by atoms with Gasteiger partial charge >= 0.3 is 0 Å². The van der Waals surface area contributed by atoms with Crippen molar-refractivity contribution in [3.63, 3.8) is 0 Å². The van der Waals surface area contributed by atoms with Crippen LogP contribution in [-0.4, -0.2) is 54.5 Å². The van der Waals surface area contributed by atoms with E-state index in [0.717, 1.165) is 37.1 Å². The van der Waals surface area contributed by atoms with Gasteiger partial charge in [-0.2, -0.15) is 0 Å². The molecule has 0 unspecified atom stereocenters. The maximum absolute atomic E-state index is 13.1. The number of aromatic nitrogens is 3. The number of nitrogens with zero attached hydrogens (tertiary/aromatic N) is 4. The molecule has 1 aliphatic rings. The normalized spacial score (nSPS) is 16.1. The molecule has 0 bridgehead atoms. The lowest BCUT2D eigenvalue weighted by Gasteiger charge is -2.22. The lowest BCUT2D eigenvalue weighted by atomic mass is 9.91. The van der Waals surface area contributed by atoms with Crippen LogP contribution in [-0.2, 0) is 34.2 Å². The van der Waals surface area contributed by atoms with Gasteiger partial charge in [-0.05, 0) is 25.8 Å². The molecule has 28 heavy (non-hydrogen) atoms. The van der Waals surface area contributed by atoms with Crippen molar-refractivity contribution >= 4 is 9.84 Å². The molecule has 156 valence electrons. The fourth-order valence-corrected chi connectivity index (χ4v) is 5.71. The smallest absolute Gasteiger partial charge is 0.227 e. The van der Waals surface area contributed by atoms with Crippen molar-refractivity contribution in [2.75, 3.05) is 26.5 Å². The first-order valence-electron chi connectivity index (χ1n) is 9.84. The van der Waals surface area contributed by atoms with Crippen molar-refractivity contribution in [3.05, 3.63) is 29.9 Å². The van der Waals surface area contributed by atoms with E-state index >= 15 is 0 Å². The average molecular weight is 411 g/mol. The highest BCUT2D eigenvalue weighted by atomic mass is 32.2. The standard InChI is InChI=1S/C19H30N4O4S/c1-22(14-18-8-9-21-27-18)13-17-12-20-19(23(17)10-11-26-2)28(24,25)15-16-6-4-3-5-7-16/h8-9,12,16H,3-7,10-11,13-15H2,1-2H3. The summed E-state index contributed by atoms with van der Waals surface area (Å²) in [5, 5.41) is 3.88. The number of methoxy groups -OCH3 is 1. The van der Waals surface area contributed by atoms with Gasteiger partial charge in [0.25, 0.3) is 0 Å². The van der Waals surface area contributed by atoms with Crippen molar-refractivity contribution < 1.29 is 17.7 Å². The van der Waals surface area contributed by atoms with Gasteiger partial charge < -0.3 is 13.8 Å². The Balaban J connectivity index is 1.76. The van der Waals surface area contributed by atoms with Gasteiger partial charge in [-0.3, -0.25) is 4.90 Å². The summed E-state index contributed by atoms with van der Waals surface area (Å²) in [4.78, 5) is 6.35. The van der Waals surface area contributed by atoms with Crippen molar-refractivity contribution in [1.29, 1.82) is 0 Å². The number of imidazole rings is 1. The molecule has 8 nitrogen and oxygen atoms in total. The van der Waals surface area contributed by atoms with Crippen LogP contribution in [0.15, 0.2) is 28.1 Å².